The van der Waals surface area contributed by atoms with Crippen LogP contribution in [0.15, 0.2) is 35.5 Å². The summed E-state index contributed by atoms with van der Waals surface area (Å²) in [5.74, 6) is 3.30. The second-order valence-electron chi connectivity index (χ2n) is 11.0. The van der Waals surface area contributed by atoms with Gasteiger partial charge in [-0.1, -0.05) is 76.8 Å². The molecule has 0 saturated heterocycles. The number of hydrogen-bond donors (Lipinski definition) is 0. The maximum Gasteiger partial charge on any atom is 0.293 e. The third kappa shape index (κ3) is 5.29. The van der Waals surface area contributed by atoms with Crippen molar-refractivity contribution in [3.63, 3.8) is 0 Å². The van der Waals surface area contributed by atoms with E-state index in [9.17, 15) is 4.79 Å². The third-order valence-electron chi connectivity index (χ3n) is 8.58. The minimum atomic E-state index is 0.0248. The highest BCUT2D eigenvalue weighted by Gasteiger charge is 2.50. The molecule has 0 heterocycles. The van der Waals surface area contributed by atoms with Crippen molar-refractivity contribution in [3.05, 3.63) is 35.5 Å². The van der Waals surface area contributed by atoms with Gasteiger partial charge in [-0.15, -0.1) is 0 Å². The lowest BCUT2D eigenvalue weighted by Crippen LogP contribution is -2.36. The summed E-state index contributed by atoms with van der Waals surface area (Å²) in [4.78, 5) is 10.7. The Kier molecular flexibility index (Phi) is 8.04. The minimum absolute atomic E-state index is 0.0248. The molecule has 3 aliphatic rings. The van der Waals surface area contributed by atoms with Gasteiger partial charge in [-0.25, -0.2) is 0 Å². The topological polar surface area (TPSA) is 26.3 Å². The van der Waals surface area contributed by atoms with E-state index in [1.165, 1.54) is 62.5 Å². The zero-order chi connectivity index (χ0) is 21.7. The highest BCUT2D eigenvalue weighted by atomic mass is 16.5. The molecule has 5 atom stereocenters. The Morgan fingerprint density at radius 2 is 1.93 bits per heavy atom. The normalized spacial score (nSPS) is 35.6. The average molecular weight is 413 g/mol. The Morgan fingerprint density at radius 3 is 2.67 bits per heavy atom. The molecule has 0 aromatic heterocycles. The number of allylic oxidation sites excluding steroid dienone is 4. The van der Waals surface area contributed by atoms with Gasteiger partial charge in [0.1, 0.15) is 6.10 Å². The SMILES string of the molecule is C=C1CCC(OC=O)C/C1=C/C=C1\CCCC2(C)C1CCC2C(C)CCCC(C)C. The van der Waals surface area contributed by atoms with Gasteiger partial charge in [0.15, 0.2) is 0 Å². The summed E-state index contributed by atoms with van der Waals surface area (Å²) in [7, 11) is 0. The van der Waals surface area contributed by atoms with Crippen molar-refractivity contribution >= 4 is 6.47 Å². The van der Waals surface area contributed by atoms with Crippen molar-refractivity contribution < 1.29 is 9.53 Å². The van der Waals surface area contributed by atoms with Crippen LogP contribution in [-0.2, 0) is 9.53 Å². The maximum atomic E-state index is 10.7. The van der Waals surface area contributed by atoms with Crippen molar-refractivity contribution in [2.75, 3.05) is 0 Å². The monoisotopic (exact) mass is 412 g/mol. The van der Waals surface area contributed by atoms with Crippen LogP contribution in [0.2, 0.25) is 0 Å². The molecule has 30 heavy (non-hydrogen) atoms. The first kappa shape index (κ1) is 23.4. The van der Waals surface area contributed by atoms with Crippen molar-refractivity contribution in [1.29, 1.82) is 0 Å². The van der Waals surface area contributed by atoms with Crippen LogP contribution in [0.3, 0.4) is 0 Å². The molecule has 2 heteroatoms. The summed E-state index contributed by atoms with van der Waals surface area (Å²) in [5.41, 5.74) is 4.65. The lowest BCUT2D eigenvalue weighted by Gasteiger charge is -2.44. The highest BCUT2D eigenvalue weighted by Crippen LogP contribution is 2.59. The quantitative estimate of drug-likeness (QED) is 0.380. The maximum absolute atomic E-state index is 10.7. The van der Waals surface area contributed by atoms with Gasteiger partial charge in [0, 0.05) is 6.42 Å². The third-order valence-corrected chi connectivity index (χ3v) is 8.58. The Bertz CT molecular complexity index is 670. The summed E-state index contributed by atoms with van der Waals surface area (Å²) >= 11 is 0. The van der Waals surface area contributed by atoms with Gasteiger partial charge in [-0.05, 0) is 79.6 Å². The fourth-order valence-electron chi connectivity index (χ4n) is 6.84. The zero-order valence-electron chi connectivity index (χ0n) is 19.9. The molecule has 0 radical (unpaired) electrons. The lowest BCUT2D eigenvalue weighted by molar-refractivity contribution is -0.133. The lowest BCUT2D eigenvalue weighted by atomic mass is 9.60. The smallest absolute Gasteiger partial charge is 0.293 e. The summed E-state index contributed by atoms with van der Waals surface area (Å²) < 4.78 is 5.24. The van der Waals surface area contributed by atoms with Gasteiger partial charge in [0.25, 0.3) is 6.47 Å². The molecule has 3 rings (SSSR count). The summed E-state index contributed by atoms with van der Waals surface area (Å²) in [6.45, 7) is 14.7. The van der Waals surface area contributed by atoms with Crippen LogP contribution in [0, 0.1) is 29.1 Å². The Hall–Kier alpha value is -1.31. The molecule has 0 spiro atoms. The van der Waals surface area contributed by atoms with Crippen LogP contribution in [0.4, 0.5) is 0 Å². The van der Waals surface area contributed by atoms with Crippen molar-refractivity contribution in [2.24, 2.45) is 29.1 Å². The van der Waals surface area contributed by atoms with E-state index in [0.717, 1.165) is 42.9 Å². The van der Waals surface area contributed by atoms with E-state index in [1.807, 2.05) is 0 Å². The summed E-state index contributed by atoms with van der Waals surface area (Å²) in [5, 5.41) is 0. The highest BCUT2D eigenvalue weighted by molar-refractivity contribution is 5.40. The number of ether oxygens (including phenoxy) is 1. The molecule has 0 aromatic rings. The molecule has 0 amide bonds. The van der Waals surface area contributed by atoms with Gasteiger partial charge in [-0.3, -0.25) is 4.79 Å². The average Bonchev–Trinajstić information content (AvgIpc) is 3.06. The van der Waals surface area contributed by atoms with Crippen LogP contribution in [0.25, 0.3) is 0 Å². The molecule has 3 fully saturated rings. The predicted molar refractivity (Wildman–Crippen MR) is 126 cm³/mol. The first-order valence-electron chi connectivity index (χ1n) is 12.5. The van der Waals surface area contributed by atoms with Gasteiger partial charge in [-0.2, -0.15) is 0 Å². The van der Waals surface area contributed by atoms with Crippen molar-refractivity contribution in [1.82, 2.24) is 0 Å². The van der Waals surface area contributed by atoms with E-state index in [1.54, 1.807) is 5.57 Å². The second-order valence-corrected chi connectivity index (χ2v) is 11.0. The molecule has 5 unspecified atom stereocenters. The van der Waals surface area contributed by atoms with Gasteiger partial charge in [0.05, 0.1) is 0 Å². The van der Waals surface area contributed by atoms with E-state index >= 15 is 0 Å². The Morgan fingerprint density at radius 1 is 1.13 bits per heavy atom. The van der Waals surface area contributed by atoms with Crippen LogP contribution in [0.1, 0.15) is 98.3 Å². The van der Waals surface area contributed by atoms with Gasteiger partial charge < -0.3 is 4.74 Å². The molecule has 3 aliphatic carbocycles. The molecule has 0 bridgehead atoms. The fourth-order valence-corrected chi connectivity index (χ4v) is 6.84. The number of carbonyl (C=O) groups is 1. The minimum Gasteiger partial charge on any atom is -0.464 e. The van der Waals surface area contributed by atoms with E-state index in [2.05, 4.69) is 46.4 Å². The molecular formula is C28H44O2. The molecule has 168 valence electrons. The first-order chi connectivity index (χ1) is 14.3. The summed E-state index contributed by atoms with van der Waals surface area (Å²) in [6.07, 6.45) is 18.3. The molecular weight excluding hydrogens is 368 g/mol. The second kappa shape index (κ2) is 10.3. The van der Waals surface area contributed by atoms with E-state index in [-0.39, 0.29) is 6.10 Å². The van der Waals surface area contributed by atoms with Crippen LogP contribution in [0.5, 0.6) is 0 Å². The number of fused-ring (bicyclic) bond motifs is 1. The number of hydrogen-bond acceptors (Lipinski definition) is 2. The van der Waals surface area contributed by atoms with Crippen molar-refractivity contribution in [3.8, 4) is 0 Å². The first-order valence-corrected chi connectivity index (χ1v) is 12.5. The molecule has 0 aliphatic heterocycles. The van der Waals surface area contributed by atoms with Crippen LogP contribution < -0.4 is 0 Å². The largest absolute Gasteiger partial charge is 0.464 e. The molecule has 0 aromatic carbocycles. The predicted octanol–water partition coefficient (Wildman–Crippen LogP) is 7.80. The van der Waals surface area contributed by atoms with Crippen molar-refractivity contribution in [2.45, 2.75) is 104 Å². The summed E-state index contributed by atoms with van der Waals surface area (Å²) in [6, 6.07) is 0. The zero-order valence-corrected chi connectivity index (χ0v) is 19.9. The van der Waals surface area contributed by atoms with Crippen LogP contribution >= 0.6 is 0 Å². The Balaban J connectivity index is 1.69. The molecule has 2 nitrogen and oxygen atoms in total. The fraction of sp³-hybridized carbons (Fsp3) is 0.750. The van der Waals surface area contributed by atoms with Gasteiger partial charge >= 0.3 is 0 Å². The standard InChI is InChI=1S/C28H44O2/c1-20(2)8-6-9-22(4)26-15-16-27-23(10-7-17-28(26,27)5)12-13-24-18-25(30-19-29)14-11-21(24)3/h12-13,19-20,22,25-27H,3,6-11,14-18H2,1-2,4-5H3/b23-12+,24-13-. The molecule has 3 saturated carbocycles. The molecule has 0 N–H and O–H groups in total. The number of carbonyl (C=O) groups excluding carboxylic acids is 1. The Labute approximate surface area is 185 Å². The van der Waals surface area contributed by atoms with E-state index < -0.39 is 0 Å². The van der Waals surface area contributed by atoms with Crippen LogP contribution in [-0.4, -0.2) is 12.6 Å². The number of rotatable bonds is 8. The van der Waals surface area contributed by atoms with E-state index in [4.69, 9.17) is 4.74 Å². The van der Waals surface area contributed by atoms with Gasteiger partial charge in [0.2, 0.25) is 0 Å². The van der Waals surface area contributed by atoms with E-state index in [0.29, 0.717) is 11.9 Å².